The first-order valence-electron chi connectivity index (χ1n) is 9.17. The van der Waals surface area contributed by atoms with Crippen LogP contribution in [0.1, 0.15) is 15.9 Å². The number of nitrogens with one attached hydrogen (secondary N) is 1. The summed E-state index contributed by atoms with van der Waals surface area (Å²) in [6.45, 7) is 0. The molecule has 0 aliphatic rings. The van der Waals surface area contributed by atoms with E-state index in [0.717, 1.165) is 33.5 Å². The molecule has 0 spiro atoms. The fourth-order valence-electron chi connectivity index (χ4n) is 3.04. The number of nitrogens with zero attached hydrogens (tertiary/aromatic N) is 2. The van der Waals surface area contributed by atoms with Gasteiger partial charge in [-0.1, -0.05) is 48.5 Å². The van der Waals surface area contributed by atoms with Crippen LogP contribution in [-0.2, 0) is 0 Å². The minimum Gasteiger partial charge on any atom is -0.497 e. The molecule has 1 amide bonds. The Morgan fingerprint density at radius 1 is 0.966 bits per heavy atom. The third kappa shape index (κ3) is 4.14. The molecule has 29 heavy (non-hydrogen) atoms. The number of ether oxygens (including phenoxy) is 1. The summed E-state index contributed by atoms with van der Waals surface area (Å²) < 4.78 is 5.14. The van der Waals surface area contributed by atoms with Crippen molar-refractivity contribution in [3.05, 3.63) is 96.1 Å². The van der Waals surface area contributed by atoms with Crippen LogP contribution in [0, 0.1) is 0 Å². The highest BCUT2D eigenvalue weighted by Gasteiger charge is 2.13. The van der Waals surface area contributed by atoms with Crippen LogP contribution in [0.15, 0.2) is 90.0 Å². The lowest BCUT2D eigenvalue weighted by molar-refractivity contribution is 0.0956. The lowest BCUT2D eigenvalue weighted by atomic mass is 10.0. The third-order valence-electron chi connectivity index (χ3n) is 4.53. The highest BCUT2D eigenvalue weighted by Crippen LogP contribution is 2.24. The molecule has 5 nitrogen and oxygen atoms in total. The van der Waals surface area contributed by atoms with E-state index in [4.69, 9.17) is 9.72 Å². The van der Waals surface area contributed by atoms with Gasteiger partial charge in [-0.15, -0.1) is 0 Å². The largest absolute Gasteiger partial charge is 0.497 e. The number of methoxy groups -OCH3 is 1. The standard InChI is InChI=1S/C24H19N3O2/c1-29-19-13-11-17(12-14-19)16-25-27-24(28)21-15-23(18-7-3-2-4-8-18)26-22-10-6-5-9-20(21)22/h2-16H,1H3,(H,27,28)/b25-16+. The predicted octanol–water partition coefficient (Wildman–Crippen LogP) is 4.67. The molecular weight excluding hydrogens is 362 g/mol. The molecule has 0 aliphatic heterocycles. The van der Waals surface area contributed by atoms with Crippen molar-refractivity contribution < 1.29 is 9.53 Å². The number of carbonyl (C=O) groups excluding carboxylic acids is 1. The van der Waals surface area contributed by atoms with E-state index in [1.165, 1.54) is 0 Å². The summed E-state index contributed by atoms with van der Waals surface area (Å²) in [7, 11) is 1.62. The maximum atomic E-state index is 12.9. The highest BCUT2D eigenvalue weighted by molar-refractivity contribution is 6.07. The van der Waals surface area contributed by atoms with Crippen molar-refractivity contribution >= 4 is 23.0 Å². The van der Waals surface area contributed by atoms with Gasteiger partial charge in [0, 0.05) is 10.9 Å². The van der Waals surface area contributed by atoms with Crippen LogP contribution in [0.4, 0.5) is 0 Å². The van der Waals surface area contributed by atoms with Gasteiger partial charge in [0.2, 0.25) is 0 Å². The van der Waals surface area contributed by atoms with E-state index in [1.807, 2.05) is 78.9 Å². The maximum absolute atomic E-state index is 12.9. The zero-order valence-corrected chi connectivity index (χ0v) is 15.9. The molecule has 142 valence electrons. The number of amides is 1. The molecule has 0 fully saturated rings. The van der Waals surface area contributed by atoms with Gasteiger partial charge in [0.25, 0.3) is 5.91 Å². The van der Waals surface area contributed by atoms with Crippen LogP contribution in [0.25, 0.3) is 22.2 Å². The van der Waals surface area contributed by atoms with E-state index in [2.05, 4.69) is 10.5 Å². The van der Waals surface area contributed by atoms with Gasteiger partial charge < -0.3 is 4.74 Å². The van der Waals surface area contributed by atoms with Gasteiger partial charge in [0.1, 0.15) is 5.75 Å². The quantitative estimate of drug-likeness (QED) is 0.403. The Morgan fingerprint density at radius 2 is 1.69 bits per heavy atom. The lowest BCUT2D eigenvalue weighted by Crippen LogP contribution is -2.18. The number of rotatable bonds is 5. The minimum atomic E-state index is -0.287. The minimum absolute atomic E-state index is 0.287. The van der Waals surface area contributed by atoms with Gasteiger partial charge in [-0.25, -0.2) is 10.4 Å². The van der Waals surface area contributed by atoms with Gasteiger partial charge in [-0.3, -0.25) is 4.79 Å². The molecule has 0 atom stereocenters. The van der Waals surface area contributed by atoms with E-state index in [1.54, 1.807) is 19.4 Å². The molecule has 5 heteroatoms. The first-order chi connectivity index (χ1) is 14.2. The number of aromatic nitrogens is 1. The van der Waals surface area contributed by atoms with Crippen molar-refractivity contribution in [1.82, 2.24) is 10.4 Å². The summed E-state index contributed by atoms with van der Waals surface area (Å²) in [6.07, 6.45) is 1.60. The van der Waals surface area contributed by atoms with Crippen molar-refractivity contribution in [2.75, 3.05) is 7.11 Å². The van der Waals surface area contributed by atoms with E-state index in [0.29, 0.717) is 5.56 Å². The molecule has 1 heterocycles. The van der Waals surface area contributed by atoms with E-state index in [-0.39, 0.29) is 5.91 Å². The van der Waals surface area contributed by atoms with Crippen LogP contribution in [0.3, 0.4) is 0 Å². The average Bonchev–Trinajstić information content (AvgIpc) is 2.79. The molecule has 0 bridgehead atoms. The van der Waals surface area contributed by atoms with Crippen molar-refractivity contribution in [3.8, 4) is 17.0 Å². The number of para-hydroxylation sites is 1. The Kier molecular flexibility index (Phi) is 5.29. The monoisotopic (exact) mass is 381 g/mol. The van der Waals surface area contributed by atoms with Crippen LogP contribution in [0.2, 0.25) is 0 Å². The van der Waals surface area contributed by atoms with Crippen molar-refractivity contribution in [2.45, 2.75) is 0 Å². The molecule has 0 radical (unpaired) electrons. The number of pyridine rings is 1. The molecule has 4 rings (SSSR count). The Balaban J connectivity index is 1.63. The Hall–Kier alpha value is -3.99. The molecule has 1 aromatic heterocycles. The predicted molar refractivity (Wildman–Crippen MR) is 115 cm³/mol. The Labute approximate surface area is 168 Å². The Bertz CT molecular complexity index is 1170. The van der Waals surface area contributed by atoms with Crippen LogP contribution in [-0.4, -0.2) is 24.2 Å². The second kappa shape index (κ2) is 8.35. The number of carbonyl (C=O) groups is 1. The zero-order valence-electron chi connectivity index (χ0n) is 15.9. The molecule has 0 saturated heterocycles. The summed E-state index contributed by atoms with van der Waals surface area (Å²) in [4.78, 5) is 17.6. The van der Waals surface area contributed by atoms with E-state index < -0.39 is 0 Å². The number of hydrazone groups is 1. The average molecular weight is 381 g/mol. The topological polar surface area (TPSA) is 63.6 Å². The molecule has 3 aromatic carbocycles. The zero-order chi connectivity index (χ0) is 20.1. The van der Waals surface area contributed by atoms with Gasteiger partial charge in [-0.05, 0) is 42.0 Å². The first-order valence-corrected chi connectivity index (χ1v) is 9.17. The fraction of sp³-hybridized carbons (Fsp3) is 0.0417. The second-order valence-corrected chi connectivity index (χ2v) is 6.41. The lowest BCUT2D eigenvalue weighted by Gasteiger charge is -2.09. The maximum Gasteiger partial charge on any atom is 0.272 e. The SMILES string of the molecule is COc1ccc(/C=N/NC(=O)c2cc(-c3ccccc3)nc3ccccc23)cc1. The smallest absolute Gasteiger partial charge is 0.272 e. The molecule has 1 N–H and O–H groups in total. The molecule has 4 aromatic rings. The molecule has 0 unspecified atom stereocenters. The highest BCUT2D eigenvalue weighted by atomic mass is 16.5. The van der Waals surface area contributed by atoms with Crippen molar-refractivity contribution in [2.24, 2.45) is 5.10 Å². The second-order valence-electron chi connectivity index (χ2n) is 6.41. The van der Waals surface area contributed by atoms with Crippen molar-refractivity contribution in [1.29, 1.82) is 0 Å². The van der Waals surface area contributed by atoms with Crippen LogP contribution < -0.4 is 10.2 Å². The van der Waals surface area contributed by atoms with Gasteiger partial charge in [0.05, 0.1) is 30.1 Å². The number of hydrogen-bond donors (Lipinski definition) is 1. The van der Waals surface area contributed by atoms with Gasteiger partial charge in [0.15, 0.2) is 0 Å². The fourth-order valence-corrected chi connectivity index (χ4v) is 3.04. The summed E-state index contributed by atoms with van der Waals surface area (Å²) in [5, 5.41) is 4.88. The number of fused-ring (bicyclic) bond motifs is 1. The molecule has 0 saturated carbocycles. The first kappa shape index (κ1) is 18.4. The molecular formula is C24H19N3O2. The van der Waals surface area contributed by atoms with E-state index in [9.17, 15) is 4.79 Å². The van der Waals surface area contributed by atoms with Crippen molar-refractivity contribution in [3.63, 3.8) is 0 Å². The van der Waals surface area contributed by atoms with Gasteiger partial charge >= 0.3 is 0 Å². The summed E-state index contributed by atoms with van der Waals surface area (Å²) >= 11 is 0. The third-order valence-corrected chi connectivity index (χ3v) is 4.53. The number of benzene rings is 3. The Morgan fingerprint density at radius 3 is 2.45 bits per heavy atom. The van der Waals surface area contributed by atoms with Crippen LogP contribution in [0.5, 0.6) is 5.75 Å². The summed E-state index contributed by atoms with van der Waals surface area (Å²) in [6, 6.07) is 26.6. The van der Waals surface area contributed by atoms with E-state index >= 15 is 0 Å². The van der Waals surface area contributed by atoms with Gasteiger partial charge in [-0.2, -0.15) is 5.10 Å². The van der Waals surface area contributed by atoms with Crippen LogP contribution >= 0.6 is 0 Å². The normalized spacial score (nSPS) is 10.9. The molecule has 0 aliphatic carbocycles. The summed E-state index contributed by atoms with van der Waals surface area (Å²) in [5.41, 5.74) is 6.46. The summed E-state index contributed by atoms with van der Waals surface area (Å²) in [5.74, 6) is 0.480. The number of hydrogen-bond acceptors (Lipinski definition) is 4.